The standard InChI is InChI=1S/C9H9N3O2S/c1-2-6-8(12-14-11-6)10-9(13)7-4-3-5-15-7/h3-5H,2H2,1H3,(H,10,12,13). The van der Waals surface area contributed by atoms with Gasteiger partial charge < -0.3 is 5.32 Å². The lowest BCUT2D eigenvalue weighted by molar-refractivity contribution is 0.102. The van der Waals surface area contributed by atoms with Crippen molar-refractivity contribution in [1.29, 1.82) is 0 Å². The molecule has 0 unspecified atom stereocenters. The number of carbonyl (C=O) groups excluding carboxylic acids is 1. The van der Waals surface area contributed by atoms with Gasteiger partial charge in [0.2, 0.25) is 5.82 Å². The van der Waals surface area contributed by atoms with Gasteiger partial charge in [0.15, 0.2) is 0 Å². The molecule has 0 saturated heterocycles. The van der Waals surface area contributed by atoms with Crippen LogP contribution < -0.4 is 5.32 Å². The van der Waals surface area contributed by atoms with E-state index in [1.165, 1.54) is 11.3 Å². The van der Waals surface area contributed by atoms with Crippen molar-refractivity contribution in [3.05, 3.63) is 28.1 Å². The van der Waals surface area contributed by atoms with Crippen LogP contribution in [0, 0.1) is 0 Å². The number of amides is 1. The highest BCUT2D eigenvalue weighted by Gasteiger charge is 2.13. The Kier molecular flexibility index (Phi) is 2.77. The van der Waals surface area contributed by atoms with Gasteiger partial charge in [-0.1, -0.05) is 18.1 Å². The maximum absolute atomic E-state index is 11.6. The SMILES string of the molecule is CCc1nonc1NC(=O)c1cccs1. The summed E-state index contributed by atoms with van der Waals surface area (Å²) in [5.74, 6) is 0.214. The number of hydrogen-bond donors (Lipinski definition) is 1. The lowest BCUT2D eigenvalue weighted by Crippen LogP contribution is -2.11. The summed E-state index contributed by atoms with van der Waals surface area (Å²) in [4.78, 5) is 12.3. The molecule has 0 spiro atoms. The molecule has 2 aromatic rings. The second kappa shape index (κ2) is 4.22. The van der Waals surface area contributed by atoms with Crippen LogP contribution in [-0.4, -0.2) is 16.2 Å². The first-order valence-electron chi connectivity index (χ1n) is 4.47. The zero-order valence-corrected chi connectivity index (χ0v) is 8.87. The Morgan fingerprint density at radius 1 is 1.60 bits per heavy atom. The van der Waals surface area contributed by atoms with Crippen LogP contribution in [0.2, 0.25) is 0 Å². The van der Waals surface area contributed by atoms with E-state index < -0.39 is 0 Å². The van der Waals surface area contributed by atoms with Crippen molar-refractivity contribution in [1.82, 2.24) is 10.3 Å². The highest BCUT2D eigenvalue weighted by molar-refractivity contribution is 7.12. The summed E-state index contributed by atoms with van der Waals surface area (Å²) in [6.07, 6.45) is 0.670. The van der Waals surface area contributed by atoms with Gasteiger partial charge in [0, 0.05) is 0 Å². The van der Waals surface area contributed by atoms with Crippen LogP contribution in [0.15, 0.2) is 22.1 Å². The third-order valence-electron chi connectivity index (χ3n) is 1.87. The monoisotopic (exact) mass is 223 g/mol. The van der Waals surface area contributed by atoms with Gasteiger partial charge in [0.05, 0.1) is 4.88 Å². The average molecular weight is 223 g/mol. The summed E-state index contributed by atoms with van der Waals surface area (Å²) in [6, 6.07) is 3.57. The van der Waals surface area contributed by atoms with Crippen molar-refractivity contribution < 1.29 is 9.42 Å². The average Bonchev–Trinajstić information content (AvgIpc) is 2.87. The molecule has 0 fully saturated rings. The molecule has 78 valence electrons. The first-order chi connectivity index (χ1) is 7.31. The number of nitrogens with one attached hydrogen (secondary N) is 1. The molecule has 1 amide bonds. The first-order valence-corrected chi connectivity index (χ1v) is 5.35. The van der Waals surface area contributed by atoms with Gasteiger partial charge in [0.25, 0.3) is 5.91 Å². The molecular weight excluding hydrogens is 214 g/mol. The topological polar surface area (TPSA) is 68.0 Å². The van der Waals surface area contributed by atoms with Gasteiger partial charge in [-0.05, 0) is 23.0 Å². The van der Waals surface area contributed by atoms with Crippen LogP contribution in [-0.2, 0) is 6.42 Å². The predicted octanol–water partition coefficient (Wildman–Crippen LogP) is 1.95. The van der Waals surface area contributed by atoms with E-state index >= 15 is 0 Å². The van der Waals surface area contributed by atoms with Crippen molar-refractivity contribution >= 4 is 23.1 Å². The van der Waals surface area contributed by atoms with E-state index in [9.17, 15) is 4.79 Å². The van der Waals surface area contributed by atoms with Gasteiger partial charge >= 0.3 is 0 Å². The maximum atomic E-state index is 11.6. The summed E-state index contributed by atoms with van der Waals surface area (Å²) in [5.41, 5.74) is 0.653. The fourth-order valence-corrected chi connectivity index (χ4v) is 1.73. The number of anilines is 1. The van der Waals surface area contributed by atoms with Gasteiger partial charge in [-0.3, -0.25) is 4.79 Å². The lowest BCUT2D eigenvalue weighted by atomic mass is 10.3. The molecule has 0 aliphatic carbocycles. The molecule has 15 heavy (non-hydrogen) atoms. The van der Waals surface area contributed by atoms with Crippen molar-refractivity contribution in [3.63, 3.8) is 0 Å². The fourth-order valence-electron chi connectivity index (χ4n) is 1.11. The van der Waals surface area contributed by atoms with Crippen LogP contribution in [0.3, 0.4) is 0 Å². The molecule has 0 bridgehead atoms. The molecule has 0 aliphatic rings. The molecule has 0 radical (unpaired) electrons. The molecule has 2 aromatic heterocycles. The first kappa shape index (κ1) is 9.85. The smallest absolute Gasteiger partial charge is 0.267 e. The number of aryl methyl sites for hydroxylation is 1. The van der Waals surface area contributed by atoms with E-state index in [1.54, 1.807) is 6.07 Å². The Labute approximate surface area is 90.1 Å². The van der Waals surface area contributed by atoms with E-state index in [1.807, 2.05) is 18.4 Å². The van der Waals surface area contributed by atoms with Crippen LogP contribution in [0.5, 0.6) is 0 Å². The summed E-state index contributed by atoms with van der Waals surface area (Å²) in [6.45, 7) is 1.92. The maximum Gasteiger partial charge on any atom is 0.267 e. The zero-order chi connectivity index (χ0) is 10.7. The Morgan fingerprint density at radius 3 is 3.13 bits per heavy atom. The number of thiophene rings is 1. The van der Waals surface area contributed by atoms with Crippen molar-refractivity contribution in [2.45, 2.75) is 13.3 Å². The Balaban J connectivity index is 2.13. The number of nitrogens with zero attached hydrogens (tertiary/aromatic N) is 2. The third-order valence-corrected chi connectivity index (χ3v) is 2.74. The summed E-state index contributed by atoms with van der Waals surface area (Å²) >= 11 is 1.38. The molecule has 0 aromatic carbocycles. The highest BCUT2D eigenvalue weighted by Crippen LogP contribution is 2.14. The van der Waals surface area contributed by atoms with Gasteiger partial charge in [0.1, 0.15) is 5.69 Å². The Hall–Kier alpha value is -1.69. The number of carbonyl (C=O) groups is 1. The minimum atomic E-state index is -0.185. The second-order valence-corrected chi connectivity index (χ2v) is 3.79. The van der Waals surface area contributed by atoms with Crippen molar-refractivity contribution in [3.8, 4) is 0 Å². The zero-order valence-electron chi connectivity index (χ0n) is 8.06. The number of rotatable bonds is 3. The molecule has 2 rings (SSSR count). The van der Waals surface area contributed by atoms with Crippen LogP contribution >= 0.6 is 11.3 Å². The van der Waals surface area contributed by atoms with Gasteiger partial charge in [-0.25, -0.2) is 4.63 Å². The lowest BCUT2D eigenvalue weighted by Gasteiger charge is -1.98. The van der Waals surface area contributed by atoms with Crippen LogP contribution in [0.4, 0.5) is 5.82 Å². The largest absolute Gasteiger partial charge is 0.301 e. The van der Waals surface area contributed by atoms with E-state index in [-0.39, 0.29) is 5.91 Å². The Bertz CT molecular complexity index is 450. The summed E-state index contributed by atoms with van der Waals surface area (Å²) in [5, 5.41) is 11.8. The predicted molar refractivity (Wildman–Crippen MR) is 55.9 cm³/mol. The van der Waals surface area contributed by atoms with Crippen LogP contribution in [0.1, 0.15) is 22.3 Å². The van der Waals surface area contributed by atoms with Crippen LogP contribution in [0.25, 0.3) is 0 Å². The molecule has 0 aliphatic heterocycles. The summed E-state index contributed by atoms with van der Waals surface area (Å²) < 4.78 is 4.54. The minimum Gasteiger partial charge on any atom is -0.301 e. The van der Waals surface area contributed by atoms with Gasteiger partial charge in [-0.15, -0.1) is 11.3 Å². The number of aromatic nitrogens is 2. The minimum absolute atomic E-state index is 0.185. The third kappa shape index (κ3) is 2.04. The van der Waals surface area contributed by atoms with E-state index in [4.69, 9.17) is 0 Å². The molecule has 2 heterocycles. The van der Waals surface area contributed by atoms with Crippen molar-refractivity contribution in [2.75, 3.05) is 5.32 Å². The fraction of sp³-hybridized carbons (Fsp3) is 0.222. The Morgan fingerprint density at radius 2 is 2.47 bits per heavy atom. The second-order valence-electron chi connectivity index (χ2n) is 2.84. The summed E-state index contributed by atoms with van der Waals surface area (Å²) in [7, 11) is 0. The molecule has 0 saturated carbocycles. The normalized spacial score (nSPS) is 10.2. The van der Waals surface area contributed by atoms with E-state index in [2.05, 4.69) is 20.3 Å². The number of hydrogen-bond acceptors (Lipinski definition) is 5. The quantitative estimate of drug-likeness (QED) is 0.863. The molecular formula is C9H9N3O2S. The van der Waals surface area contributed by atoms with E-state index in [0.29, 0.717) is 22.8 Å². The van der Waals surface area contributed by atoms with Gasteiger partial charge in [-0.2, -0.15) is 0 Å². The van der Waals surface area contributed by atoms with E-state index in [0.717, 1.165) is 0 Å². The highest BCUT2D eigenvalue weighted by atomic mass is 32.1. The molecule has 5 nitrogen and oxygen atoms in total. The molecule has 1 N–H and O–H groups in total. The molecule has 6 heteroatoms. The van der Waals surface area contributed by atoms with Crippen molar-refractivity contribution in [2.24, 2.45) is 0 Å². The molecule has 0 atom stereocenters.